The summed E-state index contributed by atoms with van der Waals surface area (Å²) in [5.74, 6) is -0.0924. The van der Waals surface area contributed by atoms with Crippen molar-refractivity contribution in [2.75, 3.05) is 0 Å². The Morgan fingerprint density at radius 3 is 2.52 bits per heavy atom. The zero-order valence-electron chi connectivity index (χ0n) is 17.1. The third-order valence-electron chi connectivity index (χ3n) is 4.49. The number of carbonyl (C=O) groups is 1. The van der Waals surface area contributed by atoms with Crippen LogP contribution in [-0.4, -0.2) is 19.5 Å². The fourth-order valence-corrected chi connectivity index (χ4v) is 5.70. The predicted molar refractivity (Wildman–Crippen MR) is 143 cm³/mol. The van der Waals surface area contributed by atoms with E-state index >= 15 is 0 Å². The Labute approximate surface area is 217 Å². The summed E-state index contributed by atoms with van der Waals surface area (Å²) in [7, 11) is -3.97. The maximum atomic E-state index is 12.6. The second-order valence-corrected chi connectivity index (χ2v) is 11.6. The van der Waals surface area contributed by atoms with Crippen LogP contribution in [0.5, 0.6) is 5.75 Å². The van der Waals surface area contributed by atoms with E-state index in [1.54, 1.807) is 36.4 Å². The first-order valence-electron chi connectivity index (χ1n) is 9.56. The van der Waals surface area contributed by atoms with Crippen molar-refractivity contribution in [3.63, 3.8) is 0 Å². The van der Waals surface area contributed by atoms with Crippen molar-refractivity contribution in [2.24, 2.45) is 4.99 Å². The van der Waals surface area contributed by atoms with Gasteiger partial charge < -0.3 is 9.50 Å². The van der Waals surface area contributed by atoms with E-state index in [0.29, 0.717) is 20.1 Å². The molecule has 0 atom stereocenters. The number of halogens is 2. The van der Waals surface area contributed by atoms with Crippen molar-refractivity contribution in [3.05, 3.63) is 90.8 Å². The number of hydrogen-bond donors (Lipinski definition) is 1. The summed E-state index contributed by atoms with van der Waals surface area (Å²) in [5.41, 5.74) is 2.43. The molecule has 0 bridgehead atoms. The van der Waals surface area contributed by atoms with Crippen LogP contribution in [0.25, 0.3) is 6.08 Å². The molecule has 3 aromatic carbocycles. The summed E-state index contributed by atoms with van der Waals surface area (Å²) >= 11 is 6.80. The molecule has 4 rings (SSSR count). The van der Waals surface area contributed by atoms with Gasteiger partial charge in [-0.15, -0.1) is 0 Å². The van der Waals surface area contributed by atoms with Crippen molar-refractivity contribution in [1.82, 2.24) is 5.32 Å². The number of thioether (sulfide) groups is 1. The van der Waals surface area contributed by atoms with Crippen LogP contribution in [0.2, 0.25) is 0 Å². The Balaban J connectivity index is 1.53. The molecule has 168 valence electrons. The van der Waals surface area contributed by atoms with Crippen LogP contribution in [0.15, 0.2) is 86.0 Å². The van der Waals surface area contributed by atoms with Gasteiger partial charge >= 0.3 is 10.1 Å². The lowest BCUT2D eigenvalue weighted by Crippen LogP contribution is -2.19. The van der Waals surface area contributed by atoms with Gasteiger partial charge in [0.15, 0.2) is 10.9 Å². The van der Waals surface area contributed by atoms with Crippen LogP contribution in [0, 0.1) is 10.5 Å². The van der Waals surface area contributed by atoms with Crippen LogP contribution in [0.4, 0.5) is 5.69 Å². The summed E-state index contributed by atoms with van der Waals surface area (Å²) < 4.78 is 31.8. The fourth-order valence-electron chi connectivity index (χ4n) is 2.83. The molecule has 1 N–H and O–H groups in total. The van der Waals surface area contributed by atoms with Crippen LogP contribution in [-0.2, 0) is 14.9 Å². The van der Waals surface area contributed by atoms with Gasteiger partial charge in [-0.1, -0.05) is 35.9 Å². The highest BCUT2D eigenvalue weighted by atomic mass is 127. The topological polar surface area (TPSA) is 84.8 Å². The van der Waals surface area contributed by atoms with E-state index in [1.165, 1.54) is 23.9 Å². The van der Waals surface area contributed by atoms with E-state index in [9.17, 15) is 13.2 Å². The van der Waals surface area contributed by atoms with Crippen molar-refractivity contribution in [2.45, 2.75) is 11.8 Å². The lowest BCUT2D eigenvalue weighted by Gasteiger charge is -2.09. The molecule has 0 unspecified atom stereocenters. The van der Waals surface area contributed by atoms with E-state index in [0.717, 1.165) is 14.8 Å². The SMILES string of the molecule is Cc1ccc(S(=O)(=O)Oc2ccc(/C=C3/SC(=Nc4ccccc4I)NC3=O)cc2Br)cc1. The Kier molecular flexibility index (Phi) is 7.27. The van der Waals surface area contributed by atoms with Gasteiger partial charge in [-0.25, -0.2) is 4.99 Å². The van der Waals surface area contributed by atoms with Gasteiger partial charge in [0.2, 0.25) is 0 Å². The molecule has 0 saturated carbocycles. The highest BCUT2D eigenvalue weighted by Crippen LogP contribution is 2.33. The molecule has 0 spiro atoms. The van der Waals surface area contributed by atoms with Crippen molar-refractivity contribution >= 4 is 83.2 Å². The second-order valence-electron chi connectivity index (χ2n) is 6.97. The first-order chi connectivity index (χ1) is 15.7. The second kappa shape index (κ2) is 10.00. The average Bonchev–Trinajstić information content (AvgIpc) is 3.10. The normalized spacial score (nSPS) is 16.3. The lowest BCUT2D eigenvalue weighted by atomic mass is 10.2. The fraction of sp³-hybridized carbons (Fsp3) is 0.0435. The minimum Gasteiger partial charge on any atom is -0.378 e. The van der Waals surface area contributed by atoms with E-state index in [2.05, 4.69) is 48.8 Å². The maximum Gasteiger partial charge on any atom is 0.339 e. The number of rotatable bonds is 5. The minimum absolute atomic E-state index is 0.0742. The van der Waals surface area contributed by atoms with Crippen LogP contribution in [0.3, 0.4) is 0 Å². The Morgan fingerprint density at radius 2 is 1.82 bits per heavy atom. The van der Waals surface area contributed by atoms with Gasteiger partial charge in [-0.2, -0.15) is 8.42 Å². The molecule has 6 nitrogen and oxygen atoms in total. The van der Waals surface area contributed by atoms with Gasteiger partial charge in [-0.05, 0) is 105 Å². The summed E-state index contributed by atoms with van der Waals surface area (Å²) in [5, 5.41) is 3.26. The number of aryl methyl sites for hydroxylation is 1. The smallest absolute Gasteiger partial charge is 0.339 e. The van der Waals surface area contributed by atoms with Gasteiger partial charge in [0.1, 0.15) is 4.90 Å². The van der Waals surface area contributed by atoms with Crippen molar-refractivity contribution in [1.29, 1.82) is 0 Å². The Morgan fingerprint density at radius 1 is 1.09 bits per heavy atom. The highest BCUT2D eigenvalue weighted by molar-refractivity contribution is 14.1. The molecular formula is C23H16BrIN2O4S2. The largest absolute Gasteiger partial charge is 0.378 e. The third-order valence-corrected chi connectivity index (χ3v) is 8.18. The van der Waals surface area contributed by atoms with Gasteiger partial charge in [0.05, 0.1) is 15.1 Å². The summed E-state index contributed by atoms with van der Waals surface area (Å²) in [6.45, 7) is 1.88. The molecule has 33 heavy (non-hydrogen) atoms. The van der Waals surface area contributed by atoms with E-state index in [-0.39, 0.29) is 16.6 Å². The molecule has 1 aliphatic heterocycles. The molecule has 1 amide bonds. The quantitative estimate of drug-likeness (QED) is 0.207. The molecule has 0 aromatic heterocycles. The monoisotopic (exact) mass is 654 g/mol. The standard InChI is InChI=1S/C23H16BrIN2O4S2/c1-14-6-9-16(10-7-14)33(29,30)31-20-11-8-15(12-17(20)24)13-21-22(28)27-23(32-21)26-19-5-3-2-4-18(19)25/h2-13H,1H3,(H,26,27,28)/b21-13+. The molecule has 3 aromatic rings. The summed E-state index contributed by atoms with van der Waals surface area (Å²) in [6, 6.07) is 19.0. The van der Waals surface area contributed by atoms with E-state index in [1.807, 2.05) is 31.2 Å². The molecule has 0 aliphatic carbocycles. The van der Waals surface area contributed by atoms with Gasteiger partial charge in [0, 0.05) is 3.57 Å². The van der Waals surface area contributed by atoms with Crippen molar-refractivity contribution < 1.29 is 17.4 Å². The lowest BCUT2D eigenvalue weighted by molar-refractivity contribution is -0.115. The van der Waals surface area contributed by atoms with Gasteiger partial charge in [0.25, 0.3) is 5.91 Å². The molecule has 1 fully saturated rings. The van der Waals surface area contributed by atoms with Gasteiger partial charge in [-0.3, -0.25) is 4.79 Å². The predicted octanol–water partition coefficient (Wildman–Crippen LogP) is 6.02. The maximum absolute atomic E-state index is 12.6. The number of carbonyl (C=O) groups excluding carboxylic acids is 1. The van der Waals surface area contributed by atoms with Crippen LogP contribution >= 0.6 is 50.3 Å². The summed E-state index contributed by atoms with van der Waals surface area (Å²) in [4.78, 5) is 17.4. The van der Waals surface area contributed by atoms with E-state index in [4.69, 9.17) is 4.18 Å². The average molecular weight is 655 g/mol. The first-order valence-corrected chi connectivity index (χ1v) is 13.7. The number of para-hydroxylation sites is 1. The molecule has 1 saturated heterocycles. The zero-order valence-corrected chi connectivity index (χ0v) is 22.5. The highest BCUT2D eigenvalue weighted by Gasteiger charge is 2.24. The number of benzene rings is 3. The molecule has 1 heterocycles. The Hall–Kier alpha value is -2.15. The molecule has 10 heteroatoms. The molecular weight excluding hydrogens is 639 g/mol. The molecule has 1 aliphatic rings. The van der Waals surface area contributed by atoms with Crippen LogP contribution in [0.1, 0.15) is 11.1 Å². The number of hydrogen-bond acceptors (Lipinski definition) is 6. The number of aliphatic imine (C=N–C) groups is 1. The Bertz CT molecular complexity index is 1400. The van der Waals surface area contributed by atoms with Crippen LogP contribution < -0.4 is 9.50 Å². The summed E-state index contributed by atoms with van der Waals surface area (Å²) in [6.07, 6.45) is 1.71. The zero-order chi connectivity index (χ0) is 23.6. The van der Waals surface area contributed by atoms with E-state index < -0.39 is 10.1 Å². The number of nitrogens with one attached hydrogen (secondary N) is 1. The number of nitrogens with zero attached hydrogens (tertiary/aromatic N) is 1. The number of amidine groups is 1. The number of amides is 1. The molecule has 0 radical (unpaired) electrons. The van der Waals surface area contributed by atoms with Crippen molar-refractivity contribution in [3.8, 4) is 5.75 Å². The minimum atomic E-state index is -3.97. The first kappa shape index (κ1) is 24.0. The third kappa shape index (κ3) is 5.86.